The van der Waals surface area contributed by atoms with Gasteiger partial charge in [0.2, 0.25) is 0 Å². The summed E-state index contributed by atoms with van der Waals surface area (Å²) in [5.41, 5.74) is 7.92. The summed E-state index contributed by atoms with van der Waals surface area (Å²) < 4.78 is 1.57. The lowest BCUT2D eigenvalue weighted by Gasteiger charge is -2.07. The van der Waals surface area contributed by atoms with Crippen LogP contribution < -0.4 is 5.73 Å². The Balaban J connectivity index is 2.35. The van der Waals surface area contributed by atoms with E-state index in [0.717, 1.165) is 0 Å². The molecule has 2 rings (SSSR count). The van der Waals surface area contributed by atoms with E-state index in [0.29, 0.717) is 35.6 Å². The molecule has 0 unspecified atom stereocenters. The smallest absolute Gasteiger partial charge is 0.278 e. The molecule has 0 aliphatic rings. The van der Waals surface area contributed by atoms with Crippen molar-refractivity contribution in [3.8, 4) is 0 Å². The SMILES string of the molecule is Cc1cnc(Cn2cc(CN)nn2)c(C)c1[N+](=O)[O-]. The molecule has 2 aromatic rings. The minimum atomic E-state index is -0.386. The van der Waals surface area contributed by atoms with Crippen molar-refractivity contribution in [1.82, 2.24) is 20.0 Å². The molecular formula is C11H14N6O2. The van der Waals surface area contributed by atoms with E-state index in [-0.39, 0.29) is 10.6 Å². The Labute approximate surface area is 109 Å². The number of hydrogen-bond donors (Lipinski definition) is 1. The second-order valence-corrected chi connectivity index (χ2v) is 4.23. The Morgan fingerprint density at radius 1 is 1.47 bits per heavy atom. The van der Waals surface area contributed by atoms with Gasteiger partial charge in [-0.3, -0.25) is 15.1 Å². The summed E-state index contributed by atoms with van der Waals surface area (Å²) in [6.07, 6.45) is 3.20. The normalized spacial score (nSPS) is 10.7. The average Bonchev–Trinajstić information content (AvgIpc) is 2.80. The topological polar surface area (TPSA) is 113 Å². The zero-order valence-corrected chi connectivity index (χ0v) is 10.7. The Kier molecular flexibility index (Phi) is 3.52. The third-order valence-electron chi connectivity index (χ3n) is 2.87. The maximum atomic E-state index is 11.0. The first kappa shape index (κ1) is 13.1. The predicted molar refractivity (Wildman–Crippen MR) is 67.4 cm³/mol. The first-order chi connectivity index (χ1) is 9.02. The molecule has 0 atom stereocenters. The predicted octanol–water partition coefficient (Wildman–Crippen LogP) is 0.705. The first-order valence-electron chi connectivity index (χ1n) is 5.71. The Morgan fingerprint density at radius 2 is 2.21 bits per heavy atom. The third kappa shape index (κ3) is 2.58. The molecule has 0 bridgehead atoms. The molecule has 19 heavy (non-hydrogen) atoms. The number of nitrogens with two attached hydrogens (primary N) is 1. The van der Waals surface area contributed by atoms with Gasteiger partial charge in [0, 0.05) is 18.3 Å². The molecule has 8 heteroatoms. The lowest BCUT2D eigenvalue weighted by atomic mass is 10.1. The van der Waals surface area contributed by atoms with E-state index in [1.54, 1.807) is 24.7 Å². The summed E-state index contributed by atoms with van der Waals surface area (Å²) in [7, 11) is 0. The van der Waals surface area contributed by atoms with Gasteiger partial charge in [-0.05, 0) is 13.8 Å². The fraction of sp³-hybridized carbons (Fsp3) is 0.364. The van der Waals surface area contributed by atoms with Crippen LogP contribution in [0.1, 0.15) is 22.5 Å². The van der Waals surface area contributed by atoms with Gasteiger partial charge in [-0.2, -0.15) is 0 Å². The van der Waals surface area contributed by atoms with E-state index < -0.39 is 0 Å². The quantitative estimate of drug-likeness (QED) is 0.641. The zero-order chi connectivity index (χ0) is 14.0. The van der Waals surface area contributed by atoms with Gasteiger partial charge in [-0.15, -0.1) is 5.10 Å². The van der Waals surface area contributed by atoms with Gasteiger partial charge in [-0.1, -0.05) is 5.21 Å². The molecule has 2 aromatic heterocycles. The minimum Gasteiger partial charge on any atom is -0.325 e. The molecule has 0 fully saturated rings. The van der Waals surface area contributed by atoms with E-state index in [2.05, 4.69) is 15.3 Å². The van der Waals surface area contributed by atoms with Crippen LogP contribution in [-0.2, 0) is 13.1 Å². The number of rotatable bonds is 4. The van der Waals surface area contributed by atoms with Gasteiger partial charge in [-0.25, -0.2) is 4.68 Å². The number of pyridine rings is 1. The van der Waals surface area contributed by atoms with Gasteiger partial charge in [0.05, 0.1) is 34.6 Å². The van der Waals surface area contributed by atoms with Crippen molar-refractivity contribution < 1.29 is 4.92 Å². The average molecular weight is 262 g/mol. The maximum Gasteiger partial charge on any atom is 0.278 e. The summed E-state index contributed by atoms with van der Waals surface area (Å²) in [6.45, 7) is 4.00. The van der Waals surface area contributed by atoms with Gasteiger partial charge < -0.3 is 5.73 Å². The molecule has 2 heterocycles. The van der Waals surface area contributed by atoms with Gasteiger partial charge in [0.1, 0.15) is 0 Å². The molecule has 0 aromatic carbocycles. The van der Waals surface area contributed by atoms with Crippen LogP contribution >= 0.6 is 0 Å². The van der Waals surface area contributed by atoms with Gasteiger partial charge in [0.15, 0.2) is 0 Å². The van der Waals surface area contributed by atoms with E-state index in [9.17, 15) is 10.1 Å². The molecule has 8 nitrogen and oxygen atoms in total. The van der Waals surface area contributed by atoms with Gasteiger partial charge >= 0.3 is 0 Å². The third-order valence-corrected chi connectivity index (χ3v) is 2.87. The molecule has 0 saturated heterocycles. The number of nitrogens with zero attached hydrogens (tertiary/aromatic N) is 5. The summed E-state index contributed by atoms with van der Waals surface area (Å²) in [6, 6.07) is 0. The lowest BCUT2D eigenvalue weighted by molar-refractivity contribution is -0.386. The standard InChI is InChI=1S/C11H14N6O2/c1-7-4-13-10(8(2)11(7)17(18)19)6-16-5-9(3-12)14-15-16/h4-5H,3,6,12H2,1-2H3. The van der Waals surface area contributed by atoms with Crippen LogP contribution in [0.25, 0.3) is 0 Å². The molecule has 0 saturated carbocycles. The highest BCUT2D eigenvalue weighted by molar-refractivity contribution is 5.47. The van der Waals surface area contributed by atoms with Crippen molar-refractivity contribution in [3.63, 3.8) is 0 Å². The van der Waals surface area contributed by atoms with Crippen LogP contribution in [-0.4, -0.2) is 24.9 Å². The fourth-order valence-corrected chi connectivity index (χ4v) is 1.87. The molecule has 2 N–H and O–H groups in total. The van der Waals surface area contributed by atoms with Crippen molar-refractivity contribution in [2.24, 2.45) is 5.73 Å². The molecule has 0 spiro atoms. The molecule has 100 valence electrons. The maximum absolute atomic E-state index is 11.0. The van der Waals surface area contributed by atoms with Crippen molar-refractivity contribution in [2.75, 3.05) is 0 Å². The van der Waals surface area contributed by atoms with Crippen molar-refractivity contribution in [3.05, 3.63) is 45.0 Å². The summed E-state index contributed by atoms with van der Waals surface area (Å²) in [5, 5.41) is 18.8. The van der Waals surface area contributed by atoms with Crippen LogP contribution in [0.15, 0.2) is 12.4 Å². The highest BCUT2D eigenvalue weighted by Crippen LogP contribution is 2.24. The molecule has 0 aliphatic heterocycles. The van der Waals surface area contributed by atoms with Crippen LogP contribution in [0.4, 0.5) is 5.69 Å². The molecule has 0 radical (unpaired) electrons. The van der Waals surface area contributed by atoms with Crippen LogP contribution in [0, 0.1) is 24.0 Å². The summed E-state index contributed by atoms with van der Waals surface area (Å²) >= 11 is 0. The van der Waals surface area contributed by atoms with E-state index >= 15 is 0 Å². The van der Waals surface area contributed by atoms with E-state index in [1.807, 2.05) is 0 Å². The van der Waals surface area contributed by atoms with Crippen LogP contribution in [0.3, 0.4) is 0 Å². The first-order valence-corrected chi connectivity index (χ1v) is 5.71. The van der Waals surface area contributed by atoms with Crippen molar-refractivity contribution in [2.45, 2.75) is 26.9 Å². The van der Waals surface area contributed by atoms with E-state index in [1.165, 1.54) is 6.20 Å². The number of aryl methyl sites for hydroxylation is 1. The minimum absolute atomic E-state index is 0.101. The summed E-state index contributed by atoms with van der Waals surface area (Å²) in [5.74, 6) is 0. The van der Waals surface area contributed by atoms with Crippen molar-refractivity contribution >= 4 is 5.69 Å². The van der Waals surface area contributed by atoms with Gasteiger partial charge in [0.25, 0.3) is 5.69 Å². The Morgan fingerprint density at radius 3 is 2.79 bits per heavy atom. The highest BCUT2D eigenvalue weighted by Gasteiger charge is 2.19. The highest BCUT2D eigenvalue weighted by atomic mass is 16.6. The number of nitro groups is 1. The molecule has 0 aliphatic carbocycles. The monoisotopic (exact) mass is 262 g/mol. The Bertz CT molecular complexity index is 622. The number of aromatic nitrogens is 4. The lowest BCUT2D eigenvalue weighted by Crippen LogP contribution is -2.07. The molecule has 0 amide bonds. The van der Waals surface area contributed by atoms with Crippen molar-refractivity contribution in [1.29, 1.82) is 0 Å². The van der Waals surface area contributed by atoms with Crippen LogP contribution in [0.5, 0.6) is 0 Å². The zero-order valence-electron chi connectivity index (χ0n) is 10.7. The Hall–Kier alpha value is -2.35. The number of hydrogen-bond acceptors (Lipinski definition) is 6. The second-order valence-electron chi connectivity index (χ2n) is 4.23. The fourth-order valence-electron chi connectivity index (χ4n) is 1.87. The second kappa shape index (κ2) is 5.11. The summed E-state index contributed by atoms with van der Waals surface area (Å²) in [4.78, 5) is 14.9. The van der Waals surface area contributed by atoms with Crippen LogP contribution in [0.2, 0.25) is 0 Å². The van der Waals surface area contributed by atoms with E-state index in [4.69, 9.17) is 5.73 Å². The molecular weight excluding hydrogens is 248 g/mol. The largest absolute Gasteiger partial charge is 0.325 e.